The van der Waals surface area contributed by atoms with Gasteiger partial charge < -0.3 is 19.7 Å². The average Bonchev–Trinajstić information content (AvgIpc) is 3.15. The molecule has 0 aromatic heterocycles. The number of carbonyl (C=O) groups is 2. The predicted octanol–water partition coefficient (Wildman–Crippen LogP) is 2.51. The standard InChI is InChI=1S/C17H26O6/c1-2-3-4-5-6-7-11-22-14-9-8-10(15(14)23-11)13(17(20)21)12(9)16(18)19/h9-15H,2-8H2,1H3,(H,18,19)(H,20,21). The summed E-state index contributed by atoms with van der Waals surface area (Å²) in [7, 11) is 0. The molecule has 2 N–H and O–H groups in total. The monoisotopic (exact) mass is 326 g/mol. The highest BCUT2D eigenvalue weighted by Gasteiger charge is 2.66. The van der Waals surface area contributed by atoms with Crippen LogP contribution in [0.2, 0.25) is 0 Å². The summed E-state index contributed by atoms with van der Waals surface area (Å²) in [4.78, 5) is 23.0. The van der Waals surface area contributed by atoms with Gasteiger partial charge in [-0.3, -0.25) is 9.59 Å². The van der Waals surface area contributed by atoms with E-state index in [1.807, 2.05) is 0 Å². The zero-order valence-corrected chi connectivity index (χ0v) is 13.5. The second-order valence-corrected chi connectivity index (χ2v) is 7.13. The lowest BCUT2D eigenvalue weighted by Crippen LogP contribution is -2.46. The summed E-state index contributed by atoms with van der Waals surface area (Å²) in [6.45, 7) is 2.18. The molecule has 0 amide bonds. The molecule has 0 aromatic rings. The molecule has 2 bridgehead atoms. The molecule has 1 saturated heterocycles. The van der Waals surface area contributed by atoms with Crippen molar-refractivity contribution in [2.45, 2.75) is 70.4 Å². The van der Waals surface area contributed by atoms with E-state index >= 15 is 0 Å². The molecule has 6 heteroatoms. The van der Waals surface area contributed by atoms with Crippen molar-refractivity contribution >= 4 is 11.9 Å². The van der Waals surface area contributed by atoms with Crippen LogP contribution in [0.5, 0.6) is 0 Å². The van der Waals surface area contributed by atoms with E-state index in [0.29, 0.717) is 6.42 Å². The van der Waals surface area contributed by atoms with Crippen LogP contribution in [0.15, 0.2) is 0 Å². The zero-order chi connectivity index (χ0) is 16.6. The van der Waals surface area contributed by atoms with Gasteiger partial charge in [0.1, 0.15) is 0 Å². The lowest BCUT2D eigenvalue weighted by molar-refractivity contribution is -0.159. The van der Waals surface area contributed by atoms with Crippen LogP contribution in [0, 0.1) is 23.7 Å². The van der Waals surface area contributed by atoms with Gasteiger partial charge in [-0.2, -0.15) is 0 Å². The van der Waals surface area contributed by atoms with Gasteiger partial charge in [-0.1, -0.05) is 32.6 Å². The first kappa shape index (κ1) is 16.7. The molecule has 23 heavy (non-hydrogen) atoms. The fourth-order valence-corrected chi connectivity index (χ4v) is 4.77. The number of unbranched alkanes of at least 4 members (excludes halogenated alkanes) is 4. The Morgan fingerprint density at radius 3 is 1.91 bits per heavy atom. The number of hydrogen-bond acceptors (Lipinski definition) is 4. The smallest absolute Gasteiger partial charge is 0.307 e. The quantitative estimate of drug-likeness (QED) is 0.666. The van der Waals surface area contributed by atoms with E-state index in [0.717, 1.165) is 19.3 Å². The molecule has 3 rings (SSSR count). The molecule has 3 aliphatic rings. The van der Waals surface area contributed by atoms with Gasteiger partial charge in [0, 0.05) is 11.8 Å². The molecule has 0 aromatic carbocycles. The molecule has 3 fully saturated rings. The first-order valence-electron chi connectivity index (χ1n) is 8.81. The van der Waals surface area contributed by atoms with Crippen molar-refractivity contribution < 1.29 is 29.3 Å². The summed E-state index contributed by atoms with van der Waals surface area (Å²) < 4.78 is 11.9. The highest BCUT2D eigenvalue weighted by atomic mass is 16.7. The normalized spacial score (nSPS) is 41.2. The van der Waals surface area contributed by atoms with Crippen molar-refractivity contribution in [3.63, 3.8) is 0 Å². The Kier molecular flexibility index (Phi) is 4.92. The molecule has 0 spiro atoms. The van der Waals surface area contributed by atoms with E-state index in [1.54, 1.807) is 0 Å². The minimum Gasteiger partial charge on any atom is -0.481 e. The van der Waals surface area contributed by atoms with Crippen LogP contribution in [0.1, 0.15) is 51.9 Å². The van der Waals surface area contributed by atoms with Gasteiger partial charge in [-0.15, -0.1) is 0 Å². The topological polar surface area (TPSA) is 93.1 Å². The van der Waals surface area contributed by atoms with Gasteiger partial charge in [0.2, 0.25) is 0 Å². The first-order chi connectivity index (χ1) is 11.0. The Morgan fingerprint density at radius 2 is 1.43 bits per heavy atom. The van der Waals surface area contributed by atoms with Crippen LogP contribution >= 0.6 is 0 Å². The first-order valence-corrected chi connectivity index (χ1v) is 8.81. The third-order valence-corrected chi connectivity index (χ3v) is 5.75. The molecular weight excluding hydrogens is 300 g/mol. The van der Waals surface area contributed by atoms with Crippen LogP contribution < -0.4 is 0 Å². The second-order valence-electron chi connectivity index (χ2n) is 7.13. The molecule has 2 aliphatic carbocycles. The molecule has 0 radical (unpaired) electrons. The van der Waals surface area contributed by atoms with Crippen LogP contribution in [-0.4, -0.2) is 40.6 Å². The van der Waals surface area contributed by atoms with Crippen molar-refractivity contribution in [1.29, 1.82) is 0 Å². The van der Waals surface area contributed by atoms with Crippen molar-refractivity contribution in [3.05, 3.63) is 0 Å². The van der Waals surface area contributed by atoms with Gasteiger partial charge >= 0.3 is 11.9 Å². The van der Waals surface area contributed by atoms with E-state index in [9.17, 15) is 19.8 Å². The lowest BCUT2D eigenvalue weighted by atomic mass is 9.76. The van der Waals surface area contributed by atoms with E-state index in [1.165, 1.54) is 19.3 Å². The average molecular weight is 326 g/mol. The maximum atomic E-state index is 11.5. The minimum absolute atomic E-state index is 0.228. The summed E-state index contributed by atoms with van der Waals surface area (Å²) in [5.41, 5.74) is 0. The molecule has 130 valence electrons. The van der Waals surface area contributed by atoms with Crippen LogP contribution in [-0.2, 0) is 19.1 Å². The van der Waals surface area contributed by atoms with Crippen molar-refractivity contribution in [3.8, 4) is 0 Å². The van der Waals surface area contributed by atoms with E-state index < -0.39 is 23.8 Å². The molecule has 1 aliphatic heterocycles. The number of ether oxygens (including phenoxy) is 2. The van der Waals surface area contributed by atoms with Gasteiger partial charge in [0.25, 0.3) is 0 Å². The molecule has 6 nitrogen and oxygen atoms in total. The van der Waals surface area contributed by atoms with Gasteiger partial charge in [-0.05, 0) is 19.3 Å². The van der Waals surface area contributed by atoms with Crippen LogP contribution in [0.3, 0.4) is 0 Å². The summed E-state index contributed by atoms with van der Waals surface area (Å²) in [6, 6.07) is 0. The fourth-order valence-electron chi connectivity index (χ4n) is 4.77. The highest BCUT2D eigenvalue weighted by Crippen LogP contribution is 2.57. The minimum atomic E-state index is -1.02. The predicted molar refractivity (Wildman–Crippen MR) is 80.8 cm³/mol. The number of carboxylic acids is 2. The third-order valence-electron chi connectivity index (χ3n) is 5.75. The van der Waals surface area contributed by atoms with Gasteiger partial charge in [-0.25, -0.2) is 0 Å². The van der Waals surface area contributed by atoms with Crippen LogP contribution in [0.25, 0.3) is 0 Å². The maximum absolute atomic E-state index is 11.5. The van der Waals surface area contributed by atoms with Gasteiger partial charge in [0.05, 0.1) is 24.0 Å². The Hall–Kier alpha value is -1.14. The Balaban J connectivity index is 1.58. The van der Waals surface area contributed by atoms with Crippen molar-refractivity contribution in [1.82, 2.24) is 0 Å². The Bertz CT molecular complexity index is 430. The number of aliphatic carboxylic acids is 2. The lowest BCUT2D eigenvalue weighted by Gasteiger charge is -2.31. The maximum Gasteiger partial charge on any atom is 0.307 e. The van der Waals surface area contributed by atoms with Crippen molar-refractivity contribution in [2.24, 2.45) is 23.7 Å². The zero-order valence-electron chi connectivity index (χ0n) is 13.5. The molecule has 6 atom stereocenters. The number of fused-ring (bicyclic) bond motifs is 5. The van der Waals surface area contributed by atoms with E-state index in [2.05, 4.69) is 6.92 Å². The Morgan fingerprint density at radius 1 is 0.913 bits per heavy atom. The summed E-state index contributed by atoms with van der Waals surface area (Å²) in [5, 5.41) is 18.8. The summed E-state index contributed by atoms with van der Waals surface area (Å²) in [5.74, 6) is -4.18. The number of hydrogen-bond donors (Lipinski definition) is 2. The highest BCUT2D eigenvalue weighted by molar-refractivity contribution is 5.82. The fraction of sp³-hybridized carbons (Fsp3) is 0.882. The molecular formula is C17H26O6. The van der Waals surface area contributed by atoms with Crippen molar-refractivity contribution in [2.75, 3.05) is 0 Å². The van der Waals surface area contributed by atoms with E-state index in [-0.39, 0.29) is 30.3 Å². The Labute approximate surface area is 136 Å². The number of rotatable bonds is 8. The second kappa shape index (κ2) is 6.77. The summed E-state index contributed by atoms with van der Waals surface area (Å²) in [6.07, 6.45) is 6.47. The van der Waals surface area contributed by atoms with E-state index in [4.69, 9.17) is 9.47 Å². The number of carboxylic acid groups (broad SMARTS) is 2. The SMILES string of the molecule is CCCCCCCC1OC2C3CC(C2O1)C(C(=O)O)C3C(=O)O. The third kappa shape index (κ3) is 2.98. The largest absolute Gasteiger partial charge is 0.481 e. The molecule has 2 saturated carbocycles. The molecule has 1 heterocycles. The summed E-state index contributed by atoms with van der Waals surface area (Å²) >= 11 is 0. The van der Waals surface area contributed by atoms with Crippen LogP contribution in [0.4, 0.5) is 0 Å². The van der Waals surface area contributed by atoms with Gasteiger partial charge in [0.15, 0.2) is 6.29 Å². The molecule has 6 unspecified atom stereocenters.